The van der Waals surface area contributed by atoms with Gasteiger partial charge in [-0.05, 0) is 30.5 Å². The normalized spacial score (nSPS) is 16.3. The van der Waals surface area contributed by atoms with Crippen LogP contribution in [-0.2, 0) is 10.2 Å². The Morgan fingerprint density at radius 2 is 2.10 bits per heavy atom. The van der Waals surface area contributed by atoms with Gasteiger partial charge in [-0.1, -0.05) is 12.5 Å². The van der Waals surface area contributed by atoms with Crippen LogP contribution in [0, 0.1) is 0 Å². The van der Waals surface area contributed by atoms with Crippen LogP contribution in [0.5, 0.6) is 0 Å². The van der Waals surface area contributed by atoms with Crippen molar-refractivity contribution in [2.24, 2.45) is 5.73 Å². The second-order valence-electron chi connectivity index (χ2n) is 5.13. The molecule has 0 unspecified atom stereocenters. The standard InChI is InChI=1S/C14H18N2O4/c1-20-8-14(5-2-6-14)9-3-4-10(12(15)17)11(7-9)13(18)16-19/h3-4,7,19H,2,5-6,8H2,1H3,(H2,15,17)(H,16,18). The van der Waals surface area contributed by atoms with E-state index in [1.165, 1.54) is 6.07 Å². The Morgan fingerprint density at radius 3 is 2.55 bits per heavy atom. The van der Waals surface area contributed by atoms with Gasteiger partial charge in [-0.3, -0.25) is 14.8 Å². The molecule has 1 fully saturated rings. The van der Waals surface area contributed by atoms with Crippen LogP contribution in [-0.4, -0.2) is 30.7 Å². The first-order valence-corrected chi connectivity index (χ1v) is 6.42. The first-order chi connectivity index (χ1) is 9.54. The van der Waals surface area contributed by atoms with Gasteiger partial charge in [0.2, 0.25) is 5.91 Å². The SMILES string of the molecule is COCC1(c2ccc(C(N)=O)c(C(=O)NO)c2)CCC1. The van der Waals surface area contributed by atoms with Gasteiger partial charge in [0, 0.05) is 12.5 Å². The average molecular weight is 278 g/mol. The molecule has 0 bridgehead atoms. The fourth-order valence-corrected chi connectivity index (χ4v) is 2.73. The number of carbonyl (C=O) groups excluding carboxylic acids is 2. The van der Waals surface area contributed by atoms with Gasteiger partial charge in [-0.2, -0.15) is 0 Å². The number of primary amides is 1. The van der Waals surface area contributed by atoms with Crippen LogP contribution in [0.15, 0.2) is 18.2 Å². The summed E-state index contributed by atoms with van der Waals surface area (Å²) >= 11 is 0. The van der Waals surface area contributed by atoms with Crippen molar-refractivity contribution in [2.75, 3.05) is 13.7 Å². The summed E-state index contributed by atoms with van der Waals surface area (Å²) < 4.78 is 5.27. The summed E-state index contributed by atoms with van der Waals surface area (Å²) in [6.45, 7) is 0.559. The number of hydroxylamine groups is 1. The molecule has 20 heavy (non-hydrogen) atoms. The lowest BCUT2D eigenvalue weighted by Crippen LogP contribution is -2.39. The minimum absolute atomic E-state index is 0.0832. The number of methoxy groups -OCH3 is 1. The van der Waals surface area contributed by atoms with Gasteiger partial charge in [0.05, 0.1) is 17.7 Å². The molecule has 1 saturated carbocycles. The van der Waals surface area contributed by atoms with Crippen molar-refractivity contribution < 1.29 is 19.5 Å². The molecule has 0 atom stereocenters. The summed E-state index contributed by atoms with van der Waals surface area (Å²) in [4.78, 5) is 23.0. The monoisotopic (exact) mass is 278 g/mol. The second kappa shape index (κ2) is 5.60. The molecular formula is C14H18N2O4. The van der Waals surface area contributed by atoms with E-state index in [1.54, 1.807) is 24.7 Å². The topological polar surface area (TPSA) is 102 Å². The summed E-state index contributed by atoms with van der Waals surface area (Å²) in [7, 11) is 1.64. The third kappa shape index (κ3) is 2.39. The number of carbonyl (C=O) groups is 2. The number of rotatable bonds is 5. The number of nitrogens with two attached hydrogens (primary N) is 1. The summed E-state index contributed by atoms with van der Waals surface area (Å²) in [6, 6.07) is 4.94. The van der Waals surface area contributed by atoms with E-state index in [0.29, 0.717) is 6.61 Å². The Morgan fingerprint density at radius 1 is 1.40 bits per heavy atom. The summed E-state index contributed by atoms with van der Waals surface area (Å²) in [5.74, 6) is -1.45. The van der Waals surface area contributed by atoms with Gasteiger partial charge in [-0.15, -0.1) is 0 Å². The lowest BCUT2D eigenvalue weighted by molar-refractivity contribution is 0.0698. The fraction of sp³-hybridized carbons (Fsp3) is 0.429. The smallest absolute Gasteiger partial charge is 0.275 e. The lowest BCUT2D eigenvalue weighted by atomic mass is 9.64. The predicted octanol–water partition coefficient (Wildman–Crippen LogP) is 0.973. The first-order valence-electron chi connectivity index (χ1n) is 6.42. The van der Waals surface area contributed by atoms with Gasteiger partial charge < -0.3 is 10.5 Å². The highest BCUT2D eigenvalue weighted by Crippen LogP contribution is 2.44. The highest BCUT2D eigenvalue weighted by Gasteiger charge is 2.39. The summed E-state index contributed by atoms with van der Waals surface area (Å²) in [6.07, 6.45) is 3.04. The summed E-state index contributed by atoms with van der Waals surface area (Å²) in [5.41, 5.74) is 7.77. The number of nitrogens with one attached hydrogen (secondary N) is 1. The molecule has 0 saturated heterocycles. The van der Waals surface area contributed by atoms with Crippen LogP contribution < -0.4 is 11.2 Å². The second-order valence-corrected chi connectivity index (χ2v) is 5.13. The van der Waals surface area contributed by atoms with Crippen LogP contribution >= 0.6 is 0 Å². The zero-order valence-corrected chi connectivity index (χ0v) is 11.3. The third-order valence-corrected chi connectivity index (χ3v) is 3.97. The maximum Gasteiger partial charge on any atom is 0.275 e. The molecule has 2 amide bonds. The van der Waals surface area contributed by atoms with E-state index in [1.807, 2.05) is 0 Å². The van der Waals surface area contributed by atoms with Gasteiger partial charge >= 0.3 is 0 Å². The highest BCUT2D eigenvalue weighted by molar-refractivity contribution is 6.06. The number of hydrogen-bond donors (Lipinski definition) is 3. The van der Waals surface area contributed by atoms with Crippen LogP contribution in [0.25, 0.3) is 0 Å². The molecule has 0 heterocycles. The van der Waals surface area contributed by atoms with E-state index in [-0.39, 0.29) is 16.5 Å². The zero-order valence-electron chi connectivity index (χ0n) is 11.3. The van der Waals surface area contributed by atoms with Crippen LogP contribution in [0.3, 0.4) is 0 Å². The number of benzene rings is 1. The van der Waals surface area contributed by atoms with Crippen molar-refractivity contribution in [1.82, 2.24) is 5.48 Å². The molecule has 1 aliphatic rings. The predicted molar refractivity (Wildman–Crippen MR) is 71.6 cm³/mol. The van der Waals surface area contributed by atoms with Crippen LogP contribution in [0.4, 0.5) is 0 Å². The zero-order chi connectivity index (χ0) is 14.8. The minimum atomic E-state index is -0.743. The van der Waals surface area contributed by atoms with Gasteiger partial charge in [-0.25, -0.2) is 5.48 Å². The Kier molecular flexibility index (Phi) is 4.06. The molecule has 0 aliphatic heterocycles. The van der Waals surface area contributed by atoms with E-state index in [0.717, 1.165) is 24.8 Å². The van der Waals surface area contributed by atoms with Crippen molar-refractivity contribution >= 4 is 11.8 Å². The minimum Gasteiger partial charge on any atom is -0.384 e. The molecule has 108 valence electrons. The number of amides is 2. The number of hydrogen-bond acceptors (Lipinski definition) is 4. The van der Waals surface area contributed by atoms with E-state index < -0.39 is 11.8 Å². The molecule has 1 aromatic rings. The third-order valence-electron chi connectivity index (χ3n) is 3.97. The molecule has 0 aromatic heterocycles. The molecule has 1 aliphatic carbocycles. The van der Waals surface area contributed by atoms with Gasteiger partial charge in [0.25, 0.3) is 5.91 Å². The van der Waals surface area contributed by atoms with Crippen LogP contribution in [0.2, 0.25) is 0 Å². The van der Waals surface area contributed by atoms with E-state index >= 15 is 0 Å². The molecular weight excluding hydrogens is 260 g/mol. The molecule has 6 heteroatoms. The van der Waals surface area contributed by atoms with Crippen molar-refractivity contribution in [1.29, 1.82) is 0 Å². The van der Waals surface area contributed by atoms with Crippen molar-refractivity contribution in [2.45, 2.75) is 24.7 Å². The Labute approximate surface area is 116 Å². The van der Waals surface area contributed by atoms with Gasteiger partial charge in [0.1, 0.15) is 0 Å². The lowest BCUT2D eigenvalue weighted by Gasteiger charge is -2.42. The Bertz CT molecular complexity index is 538. The van der Waals surface area contributed by atoms with Crippen molar-refractivity contribution in [3.63, 3.8) is 0 Å². The highest BCUT2D eigenvalue weighted by atomic mass is 16.5. The maximum atomic E-state index is 11.7. The van der Waals surface area contributed by atoms with Crippen LogP contribution in [0.1, 0.15) is 45.5 Å². The largest absolute Gasteiger partial charge is 0.384 e. The molecule has 0 radical (unpaired) electrons. The molecule has 2 rings (SSSR count). The van der Waals surface area contributed by atoms with Gasteiger partial charge in [0.15, 0.2) is 0 Å². The fourth-order valence-electron chi connectivity index (χ4n) is 2.73. The van der Waals surface area contributed by atoms with E-state index in [2.05, 4.69) is 0 Å². The molecule has 1 aromatic carbocycles. The Balaban J connectivity index is 2.46. The quantitative estimate of drug-likeness (QED) is 0.551. The number of ether oxygens (including phenoxy) is 1. The van der Waals surface area contributed by atoms with E-state index in [9.17, 15) is 9.59 Å². The van der Waals surface area contributed by atoms with Crippen molar-refractivity contribution in [3.8, 4) is 0 Å². The van der Waals surface area contributed by atoms with E-state index in [4.69, 9.17) is 15.7 Å². The molecule has 4 N–H and O–H groups in total. The molecule has 6 nitrogen and oxygen atoms in total. The van der Waals surface area contributed by atoms with Crippen molar-refractivity contribution in [3.05, 3.63) is 34.9 Å². The molecule has 0 spiro atoms. The Hall–Kier alpha value is -1.92. The maximum absolute atomic E-state index is 11.7. The average Bonchev–Trinajstić information content (AvgIpc) is 2.41. The first kappa shape index (κ1) is 14.5. The summed E-state index contributed by atoms with van der Waals surface area (Å²) in [5, 5.41) is 8.79.